The van der Waals surface area contributed by atoms with Gasteiger partial charge in [-0.1, -0.05) is 12.8 Å². The first-order valence-electron chi connectivity index (χ1n) is 7.37. The predicted molar refractivity (Wildman–Crippen MR) is 70.0 cm³/mol. The summed E-state index contributed by atoms with van der Waals surface area (Å²) >= 11 is 0. The van der Waals surface area contributed by atoms with E-state index in [0.29, 0.717) is 12.0 Å². The lowest BCUT2D eigenvalue weighted by atomic mass is 9.89. The van der Waals surface area contributed by atoms with E-state index >= 15 is 0 Å². The minimum atomic E-state index is -4.11. The van der Waals surface area contributed by atoms with Crippen molar-refractivity contribution in [1.29, 1.82) is 0 Å². The molecule has 0 spiro atoms. The Kier molecular flexibility index (Phi) is 4.77. The average Bonchev–Trinajstić information content (AvgIpc) is 3.09. The Morgan fingerprint density at radius 3 is 2.37 bits per heavy atom. The van der Waals surface area contributed by atoms with Crippen LogP contribution in [-0.2, 0) is 0 Å². The van der Waals surface area contributed by atoms with E-state index < -0.39 is 12.7 Å². The van der Waals surface area contributed by atoms with Gasteiger partial charge in [0.25, 0.3) is 0 Å². The molecule has 2 fully saturated rings. The van der Waals surface area contributed by atoms with Crippen LogP contribution in [0.4, 0.5) is 13.2 Å². The van der Waals surface area contributed by atoms with Gasteiger partial charge in [-0.05, 0) is 38.5 Å². The largest absolute Gasteiger partial charge is 0.401 e. The number of piperidine rings is 1. The summed E-state index contributed by atoms with van der Waals surface area (Å²) in [7, 11) is 0. The number of hydrogen-bond acceptors (Lipinski definition) is 2. The number of likely N-dealkylation sites (tertiary alicyclic amines) is 1. The fourth-order valence-corrected chi connectivity index (χ4v) is 3.07. The molecule has 2 nitrogen and oxygen atoms in total. The lowest BCUT2D eigenvalue weighted by Crippen LogP contribution is -2.53. The maximum Gasteiger partial charge on any atom is 0.401 e. The Hall–Kier alpha value is -0.290. The van der Waals surface area contributed by atoms with Crippen LogP contribution >= 0.6 is 0 Å². The van der Waals surface area contributed by atoms with E-state index in [1.807, 2.05) is 0 Å². The van der Waals surface area contributed by atoms with Gasteiger partial charge in [-0.15, -0.1) is 0 Å². The van der Waals surface area contributed by atoms with E-state index in [-0.39, 0.29) is 6.04 Å². The summed E-state index contributed by atoms with van der Waals surface area (Å²) in [5.41, 5.74) is 0. The minimum absolute atomic E-state index is 0.0125. The van der Waals surface area contributed by atoms with Gasteiger partial charge >= 0.3 is 6.18 Å². The molecule has 5 heteroatoms. The molecular formula is C14H25F3N2. The SMILES string of the molecule is CC(C)N1CC(CC2CC2)CC(NCC(F)(F)F)C1. The van der Waals surface area contributed by atoms with Crippen molar-refractivity contribution in [3.63, 3.8) is 0 Å². The highest BCUT2D eigenvalue weighted by Crippen LogP contribution is 2.38. The van der Waals surface area contributed by atoms with Crippen molar-refractivity contribution in [1.82, 2.24) is 10.2 Å². The molecule has 0 aromatic carbocycles. The molecule has 1 aliphatic carbocycles. The van der Waals surface area contributed by atoms with Crippen molar-refractivity contribution in [3.05, 3.63) is 0 Å². The molecule has 1 heterocycles. The molecule has 0 aromatic heterocycles. The standard InChI is InChI=1S/C14H25F3N2/c1-10(2)19-7-12(5-11-3-4-11)6-13(8-19)18-9-14(15,16)17/h10-13,18H,3-9H2,1-2H3. The van der Waals surface area contributed by atoms with E-state index in [1.54, 1.807) is 0 Å². The molecule has 0 radical (unpaired) electrons. The molecule has 1 saturated heterocycles. The zero-order valence-corrected chi connectivity index (χ0v) is 11.8. The van der Waals surface area contributed by atoms with Crippen LogP contribution in [-0.4, -0.2) is 42.8 Å². The number of alkyl halides is 3. The second-order valence-electron chi connectivity index (χ2n) is 6.52. The first-order valence-corrected chi connectivity index (χ1v) is 7.37. The van der Waals surface area contributed by atoms with Crippen LogP contribution in [0.25, 0.3) is 0 Å². The summed E-state index contributed by atoms with van der Waals surface area (Å²) in [6.07, 6.45) is 0.632. The van der Waals surface area contributed by atoms with Crippen molar-refractivity contribution in [3.8, 4) is 0 Å². The zero-order valence-electron chi connectivity index (χ0n) is 11.8. The van der Waals surface area contributed by atoms with E-state index in [0.717, 1.165) is 25.4 Å². The van der Waals surface area contributed by atoms with Crippen molar-refractivity contribution in [2.45, 2.75) is 57.8 Å². The molecule has 2 rings (SSSR count). The maximum absolute atomic E-state index is 12.3. The first kappa shape index (κ1) is 15.1. The summed E-state index contributed by atoms with van der Waals surface area (Å²) in [5, 5.41) is 2.70. The molecule has 19 heavy (non-hydrogen) atoms. The Labute approximate surface area is 113 Å². The molecule has 2 atom stereocenters. The molecule has 0 aromatic rings. The van der Waals surface area contributed by atoms with Crippen LogP contribution in [0.1, 0.15) is 39.5 Å². The third-order valence-corrected chi connectivity index (χ3v) is 4.25. The lowest BCUT2D eigenvalue weighted by molar-refractivity contribution is -0.127. The van der Waals surface area contributed by atoms with Crippen molar-refractivity contribution in [2.24, 2.45) is 11.8 Å². The molecule has 2 aliphatic rings. The average molecular weight is 278 g/mol. The highest BCUT2D eigenvalue weighted by Gasteiger charge is 2.35. The highest BCUT2D eigenvalue weighted by atomic mass is 19.4. The number of nitrogens with zero attached hydrogens (tertiary/aromatic N) is 1. The van der Waals surface area contributed by atoms with Gasteiger partial charge in [0.2, 0.25) is 0 Å². The normalized spacial score (nSPS) is 30.0. The van der Waals surface area contributed by atoms with Crippen LogP contribution in [0.3, 0.4) is 0 Å². The summed E-state index contributed by atoms with van der Waals surface area (Å²) < 4.78 is 36.9. The van der Waals surface area contributed by atoms with Gasteiger partial charge in [0.15, 0.2) is 0 Å². The quantitative estimate of drug-likeness (QED) is 0.831. The second-order valence-corrected chi connectivity index (χ2v) is 6.52. The van der Waals surface area contributed by atoms with Crippen LogP contribution in [0.15, 0.2) is 0 Å². The van der Waals surface area contributed by atoms with Crippen molar-refractivity contribution in [2.75, 3.05) is 19.6 Å². The number of hydrogen-bond donors (Lipinski definition) is 1. The Morgan fingerprint density at radius 2 is 1.84 bits per heavy atom. The van der Waals surface area contributed by atoms with Gasteiger partial charge in [0, 0.05) is 25.2 Å². The molecule has 2 unspecified atom stereocenters. The Bertz CT molecular complexity index is 287. The van der Waals surface area contributed by atoms with Gasteiger partial charge in [0.05, 0.1) is 6.54 Å². The fraction of sp³-hybridized carbons (Fsp3) is 1.00. The highest BCUT2D eigenvalue weighted by molar-refractivity contribution is 4.88. The molecule has 1 saturated carbocycles. The van der Waals surface area contributed by atoms with E-state index in [2.05, 4.69) is 24.1 Å². The molecule has 1 aliphatic heterocycles. The maximum atomic E-state index is 12.3. The fourth-order valence-electron chi connectivity index (χ4n) is 3.07. The molecular weight excluding hydrogens is 253 g/mol. The summed E-state index contributed by atoms with van der Waals surface area (Å²) in [6.45, 7) is 5.19. The number of halogens is 3. The van der Waals surface area contributed by atoms with Gasteiger partial charge in [-0.3, -0.25) is 4.90 Å². The van der Waals surface area contributed by atoms with Crippen LogP contribution in [0.5, 0.6) is 0 Å². The second kappa shape index (κ2) is 6.00. The topological polar surface area (TPSA) is 15.3 Å². The third-order valence-electron chi connectivity index (χ3n) is 4.25. The van der Waals surface area contributed by atoms with Gasteiger partial charge in [-0.2, -0.15) is 13.2 Å². The van der Waals surface area contributed by atoms with E-state index in [4.69, 9.17) is 0 Å². The molecule has 0 bridgehead atoms. The van der Waals surface area contributed by atoms with Crippen LogP contribution < -0.4 is 5.32 Å². The van der Waals surface area contributed by atoms with Crippen molar-refractivity contribution < 1.29 is 13.2 Å². The molecule has 112 valence electrons. The third kappa shape index (κ3) is 5.30. The predicted octanol–water partition coefficient (Wildman–Crippen LogP) is 3.04. The summed E-state index contributed by atoms with van der Waals surface area (Å²) in [6, 6.07) is 0.402. The molecule has 0 amide bonds. The van der Waals surface area contributed by atoms with Crippen LogP contribution in [0, 0.1) is 11.8 Å². The number of nitrogens with one attached hydrogen (secondary N) is 1. The van der Waals surface area contributed by atoms with E-state index in [9.17, 15) is 13.2 Å². The monoisotopic (exact) mass is 278 g/mol. The van der Waals surface area contributed by atoms with Gasteiger partial charge < -0.3 is 5.32 Å². The lowest BCUT2D eigenvalue weighted by Gasteiger charge is -2.40. The minimum Gasteiger partial charge on any atom is -0.305 e. The molecule has 1 N–H and O–H groups in total. The van der Waals surface area contributed by atoms with Crippen molar-refractivity contribution >= 4 is 0 Å². The van der Waals surface area contributed by atoms with Gasteiger partial charge in [-0.25, -0.2) is 0 Å². The van der Waals surface area contributed by atoms with Crippen LogP contribution in [0.2, 0.25) is 0 Å². The zero-order chi connectivity index (χ0) is 14.0. The number of rotatable bonds is 5. The van der Waals surface area contributed by atoms with E-state index in [1.165, 1.54) is 19.3 Å². The Morgan fingerprint density at radius 1 is 1.16 bits per heavy atom. The summed E-state index contributed by atoms with van der Waals surface area (Å²) in [4.78, 5) is 2.32. The first-order chi connectivity index (χ1) is 8.83. The smallest absolute Gasteiger partial charge is 0.305 e. The Balaban J connectivity index is 1.85. The van der Waals surface area contributed by atoms with Gasteiger partial charge in [0.1, 0.15) is 0 Å². The summed E-state index contributed by atoms with van der Waals surface area (Å²) in [5.74, 6) is 1.41.